The Bertz CT molecular complexity index is 289. The third-order valence-electron chi connectivity index (χ3n) is 2.18. The Labute approximate surface area is 91.3 Å². The van der Waals surface area contributed by atoms with Gasteiger partial charge in [-0.2, -0.15) is 0 Å². The number of hydrogen-bond acceptors (Lipinski definition) is 3. The minimum atomic E-state index is 0.325. The summed E-state index contributed by atoms with van der Waals surface area (Å²) in [7, 11) is 2.04. The largest absolute Gasteiger partial charge is 0.508 e. The highest BCUT2D eigenvalue weighted by Gasteiger charge is 2.00. The molecule has 15 heavy (non-hydrogen) atoms. The Balaban J connectivity index is 2.34. The summed E-state index contributed by atoms with van der Waals surface area (Å²) in [4.78, 5) is 2.17. The van der Waals surface area contributed by atoms with Crippen LogP contribution in [0.25, 0.3) is 0 Å². The maximum absolute atomic E-state index is 9.30. The average molecular weight is 209 g/mol. The van der Waals surface area contributed by atoms with E-state index in [1.54, 1.807) is 12.1 Å². The SMILES string of the molecule is CCOCCN(C)Cc1cccc(O)c1. The van der Waals surface area contributed by atoms with E-state index >= 15 is 0 Å². The van der Waals surface area contributed by atoms with E-state index in [2.05, 4.69) is 4.90 Å². The maximum atomic E-state index is 9.30. The van der Waals surface area contributed by atoms with Crippen LogP contribution in [-0.2, 0) is 11.3 Å². The molecule has 1 N–H and O–H groups in total. The molecule has 0 aliphatic rings. The molecule has 0 bridgehead atoms. The molecule has 0 saturated carbocycles. The molecule has 0 spiro atoms. The van der Waals surface area contributed by atoms with Gasteiger partial charge in [-0.1, -0.05) is 12.1 Å². The first-order valence-corrected chi connectivity index (χ1v) is 5.26. The van der Waals surface area contributed by atoms with Crippen molar-refractivity contribution in [3.8, 4) is 5.75 Å². The molecule has 0 unspecified atom stereocenters. The number of hydrogen-bond donors (Lipinski definition) is 1. The van der Waals surface area contributed by atoms with Crippen LogP contribution in [0.5, 0.6) is 5.75 Å². The monoisotopic (exact) mass is 209 g/mol. The van der Waals surface area contributed by atoms with Crippen LogP contribution in [0.3, 0.4) is 0 Å². The lowest BCUT2D eigenvalue weighted by Gasteiger charge is -2.16. The van der Waals surface area contributed by atoms with Gasteiger partial charge in [0.15, 0.2) is 0 Å². The summed E-state index contributed by atoms with van der Waals surface area (Å²) in [6, 6.07) is 7.35. The van der Waals surface area contributed by atoms with Crippen LogP contribution in [0.1, 0.15) is 12.5 Å². The van der Waals surface area contributed by atoms with Gasteiger partial charge in [-0.05, 0) is 31.7 Å². The van der Waals surface area contributed by atoms with Gasteiger partial charge in [-0.15, -0.1) is 0 Å². The van der Waals surface area contributed by atoms with Gasteiger partial charge < -0.3 is 9.84 Å². The van der Waals surface area contributed by atoms with Crippen molar-refractivity contribution in [2.24, 2.45) is 0 Å². The Kier molecular flexibility index (Phi) is 5.15. The summed E-state index contributed by atoms with van der Waals surface area (Å²) in [5.74, 6) is 0.325. The van der Waals surface area contributed by atoms with Crippen LogP contribution >= 0.6 is 0 Å². The number of nitrogens with zero attached hydrogens (tertiary/aromatic N) is 1. The Morgan fingerprint density at radius 1 is 1.40 bits per heavy atom. The molecule has 0 saturated heterocycles. The molecular weight excluding hydrogens is 190 g/mol. The van der Waals surface area contributed by atoms with Gasteiger partial charge in [-0.3, -0.25) is 4.90 Å². The van der Waals surface area contributed by atoms with Crippen molar-refractivity contribution in [1.82, 2.24) is 4.90 Å². The van der Waals surface area contributed by atoms with E-state index < -0.39 is 0 Å². The van der Waals surface area contributed by atoms with Crippen molar-refractivity contribution in [1.29, 1.82) is 0 Å². The van der Waals surface area contributed by atoms with Crippen LogP contribution in [0.4, 0.5) is 0 Å². The number of phenols is 1. The average Bonchev–Trinajstić information content (AvgIpc) is 2.18. The Morgan fingerprint density at radius 2 is 2.20 bits per heavy atom. The van der Waals surface area contributed by atoms with Crippen molar-refractivity contribution in [2.75, 3.05) is 26.8 Å². The minimum absolute atomic E-state index is 0.325. The molecule has 3 nitrogen and oxygen atoms in total. The molecule has 1 aromatic rings. The van der Waals surface area contributed by atoms with E-state index in [0.29, 0.717) is 5.75 Å². The summed E-state index contributed by atoms with van der Waals surface area (Å²) < 4.78 is 5.27. The van der Waals surface area contributed by atoms with Crippen LogP contribution in [0.2, 0.25) is 0 Å². The lowest BCUT2D eigenvalue weighted by Crippen LogP contribution is -2.22. The van der Waals surface area contributed by atoms with Gasteiger partial charge in [0.2, 0.25) is 0 Å². The lowest BCUT2D eigenvalue weighted by atomic mass is 10.2. The zero-order valence-corrected chi connectivity index (χ0v) is 9.44. The van der Waals surface area contributed by atoms with Gasteiger partial charge in [-0.25, -0.2) is 0 Å². The highest BCUT2D eigenvalue weighted by atomic mass is 16.5. The minimum Gasteiger partial charge on any atom is -0.508 e. The summed E-state index contributed by atoms with van der Waals surface area (Å²) >= 11 is 0. The van der Waals surface area contributed by atoms with Crippen LogP contribution < -0.4 is 0 Å². The van der Waals surface area contributed by atoms with Crippen molar-refractivity contribution in [2.45, 2.75) is 13.5 Å². The summed E-state index contributed by atoms with van der Waals surface area (Å²) in [6.07, 6.45) is 0. The second kappa shape index (κ2) is 6.43. The fourth-order valence-electron chi connectivity index (χ4n) is 1.41. The molecule has 1 aromatic carbocycles. The van der Waals surface area contributed by atoms with E-state index in [1.165, 1.54) is 0 Å². The van der Waals surface area contributed by atoms with Gasteiger partial charge >= 0.3 is 0 Å². The quantitative estimate of drug-likeness (QED) is 0.726. The smallest absolute Gasteiger partial charge is 0.115 e. The second-order valence-corrected chi connectivity index (χ2v) is 3.60. The molecule has 3 heteroatoms. The van der Waals surface area contributed by atoms with E-state index in [9.17, 15) is 5.11 Å². The van der Waals surface area contributed by atoms with Gasteiger partial charge in [0.1, 0.15) is 5.75 Å². The van der Waals surface area contributed by atoms with Crippen LogP contribution in [0.15, 0.2) is 24.3 Å². The summed E-state index contributed by atoms with van der Waals surface area (Å²) in [5.41, 5.74) is 1.12. The molecule has 0 heterocycles. The molecular formula is C12H19NO2. The molecule has 0 aromatic heterocycles. The number of benzene rings is 1. The fourth-order valence-corrected chi connectivity index (χ4v) is 1.41. The zero-order chi connectivity index (χ0) is 11.1. The summed E-state index contributed by atoms with van der Waals surface area (Å²) in [6.45, 7) is 5.26. The molecule has 0 fully saturated rings. The Hall–Kier alpha value is -1.06. The standard InChI is InChI=1S/C12H19NO2/c1-3-15-8-7-13(2)10-11-5-4-6-12(14)9-11/h4-6,9,14H,3,7-8,10H2,1-2H3. The number of aromatic hydroxyl groups is 1. The Morgan fingerprint density at radius 3 is 2.87 bits per heavy atom. The summed E-state index contributed by atoms with van der Waals surface area (Å²) in [5, 5.41) is 9.30. The second-order valence-electron chi connectivity index (χ2n) is 3.60. The molecule has 0 aliphatic heterocycles. The first-order valence-electron chi connectivity index (χ1n) is 5.26. The molecule has 1 rings (SSSR count). The fraction of sp³-hybridized carbons (Fsp3) is 0.500. The molecule has 84 valence electrons. The van der Waals surface area contributed by atoms with Crippen molar-refractivity contribution in [3.63, 3.8) is 0 Å². The van der Waals surface area contributed by atoms with Crippen molar-refractivity contribution < 1.29 is 9.84 Å². The molecule has 0 radical (unpaired) electrons. The number of phenolic OH excluding ortho intramolecular Hbond substituents is 1. The van der Waals surface area contributed by atoms with Crippen LogP contribution in [0, 0.1) is 0 Å². The van der Waals surface area contributed by atoms with Gasteiger partial charge in [0, 0.05) is 19.7 Å². The lowest BCUT2D eigenvalue weighted by molar-refractivity contribution is 0.120. The predicted molar refractivity (Wildman–Crippen MR) is 60.9 cm³/mol. The van der Waals surface area contributed by atoms with Gasteiger partial charge in [0.25, 0.3) is 0 Å². The predicted octanol–water partition coefficient (Wildman–Crippen LogP) is 1.86. The molecule has 0 aliphatic carbocycles. The van der Waals surface area contributed by atoms with E-state index in [1.807, 2.05) is 26.1 Å². The van der Waals surface area contributed by atoms with E-state index in [-0.39, 0.29) is 0 Å². The molecule has 0 atom stereocenters. The molecule has 0 amide bonds. The highest BCUT2D eigenvalue weighted by molar-refractivity contribution is 5.26. The van der Waals surface area contributed by atoms with Crippen LogP contribution in [-0.4, -0.2) is 36.8 Å². The third kappa shape index (κ3) is 4.81. The normalized spacial score (nSPS) is 10.9. The van der Waals surface area contributed by atoms with Crippen molar-refractivity contribution >= 4 is 0 Å². The van der Waals surface area contributed by atoms with Crippen molar-refractivity contribution in [3.05, 3.63) is 29.8 Å². The maximum Gasteiger partial charge on any atom is 0.115 e. The van der Waals surface area contributed by atoms with E-state index in [0.717, 1.165) is 31.9 Å². The zero-order valence-electron chi connectivity index (χ0n) is 9.44. The highest BCUT2D eigenvalue weighted by Crippen LogP contribution is 2.12. The van der Waals surface area contributed by atoms with Gasteiger partial charge in [0.05, 0.1) is 6.61 Å². The third-order valence-corrected chi connectivity index (χ3v) is 2.18. The topological polar surface area (TPSA) is 32.7 Å². The first kappa shape index (κ1) is 12.0. The van der Waals surface area contributed by atoms with E-state index in [4.69, 9.17) is 4.74 Å². The first-order chi connectivity index (χ1) is 7.22. The number of ether oxygens (including phenoxy) is 1. The number of likely N-dealkylation sites (N-methyl/N-ethyl adjacent to an activating group) is 1. The number of rotatable bonds is 6.